The number of carbonyl (C=O) groups excluding carboxylic acids is 2. The fraction of sp³-hybridized carbons (Fsp3) is 0.833. The van der Waals surface area contributed by atoms with Crippen LogP contribution in [0.1, 0.15) is 26.7 Å². The topological polar surface area (TPSA) is 98.6 Å². The molecule has 1 rings (SSSR count). The van der Waals surface area contributed by atoms with Gasteiger partial charge in [-0.05, 0) is 18.8 Å². The van der Waals surface area contributed by atoms with Crippen LogP contribution >= 0.6 is 0 Å². The van der Waals surface area contributed by atoms with E-state index in [1.165, 1.54) is 12.0 Å². The molecule has 0 saturated carbocycles. The van der Waals surface area contributed by atoms with Crippen molar-refractivity contribution in [2.45, 2.75) is 44.8 Å². The van der Waals surface area contributed by atoms with E-state index in [0.717, 1.165) is 0 Å². The zero-order chi connectivity index (χ0) is 13.9. The SMILES string of the molecule is COC(=O)[C@@H]1C[C@@H](N)CN1C(=O)[C@@H](N)CC(C)C. The molecule has 4 N–H and O–H groups in total. The summed E-state index contributed by atoms with van der Waals surface area (Å²) in [6.45, 7) is 4.37. The molecule has 0 radical (unpaired) electrons. The van der Waals surface area contributed by atoms with Gasteiger partial charge in [0.1, 0.15) is 6.04 Å². The average Bonchev–Trinajstić information content (AvgIpc) is 2.68. The fourth-order valence-electron chi connectivity index (χ4n) is 2.29. The normalized spacial score (nSPS) is 25.3. The Morgan fingerprint density at radius 1 is 1.44 bits per heavy atom. The minimum absolute atomic E-state index is 0.190. The van der Waals surface area contributed by atoms with Gasteiger partial charge in [-0.25, -0.2) is 4.79 Å². The molecule has 0 aromatic rings. The molecule has 0 bridgehead atoms. The lowest BCUT2D eigenvalue weighted by Gasteiger charge is -2.26. The lowest BCUT2D eigenvalue weighted by Crippen LogP contribution is -2.49. The van der Waals surface area contributed by atoms with Gasteiger partial charge in [-0.1, -0.05) is 13.8 Å². The average molecular weight is 257 g/mol. The van der Waals surface area contributed by atoms with Crippen molar-refractivity contribution in [2.75, 3.05) is 13.7 Å². The predicted molar refractivity (Wildman–Crippen MR) is 67.5 cm³/mol. The fourth-order valence-corrected chi connectivity index (χ4v) is 2.29. The third-order valence-corrected chi connectivity index (χ3v) is 3.13. The maximum absolute atomic E-state index is 12.2. The Kier molecular flexibility index (Phi) is 5.10. The van der Waals surface area contributed by atoms with Gasteiger partial charge >= 0.3 is 5.97 Å². The Morgan fingerprint density at radius 3 is 2.56 bits per heavy atom. The summed E-state index contributed by atoms with van der Waals surface area (Å²) in [5, 5.41) is 0. The summed E-state index contributed by atoms with van der Waals surface area (Å²) in [7, 11) is 1.31. The van der Waals surface area contributed by atoms with Crippen molar-refractivity contribution in [2.24, 2.45) is 17.4 Å². The number of ether oxygens (including phenoxy) is 1. The van der Waals surface area contributed by atoms with Gasteiger partial charge in [0.25, 0.3) is 0 Å². The zero-order valence-corrected chi connectivity index (χ0v) is 11.3. The van der Waals surface area contributed by atoms with Crippen LogP contribution < -0.4 is 11.5 Å². The van der Waals surface area contributed by atoms with E-state index in [4.69, 9.17) is 16.2 Å². The second kappa shape index (κ2) is 6.15. The van der Waals surface area contributed by atoms with Gasteiger partial charge in [-0.3, -0.25) is 4.79 Å². The molecule has 0 unspecified atom stereocenters. The smallest absolute Gasteiger partial charge is 0.328 e. The number of hydrogen-bond acceptors (Lipinski definition) is 5. The van der Waals surface area contributed by atoms with E-state index in [9.17, 15) is 9.59 Å². The van der Waals surface area contributed by atoms with Crippen LogP contribution in [0.4, 0.5) is 0 Å². The molecule has 6 heteroatoms. The summed E-state index contributed by atoms with van der Waals surface area (Å²) in [6.07, 6.45) is 1.03. The van der Waals surface area contributed by atoms with Crippen LogP contribution in [-0.2, 0) is 14.3 Å². The number of esters is 1. The Labute approximate surface area is 108 Å². The van der Waals surface area contributed by atoms with Crippen molar-refractivity contribution >= 4 is 11.9 Å². The van der Waals surface area contributed by atoms with Crippen molar-refractivity contribution < 1.29 is 14.3 Å². The van der Waals surface area contributed by atoms with Crippen LogP contribution in [0.15, 0.2) is 0 Å². The first-order chi connectivity index (χ1) is 8.36. The molecule has 0 aromatic heterocycles. The van der Waals surface area contributed by atoms with Crippen molar-refractivity contribution in [3.63, 3.8) is 0 Å². The van der Waals surface area contributed by atoms with E-state index in [1.807, 2.05) is 13.8 Å². The molecule has 0 aliphatic carbocycles. The van der Waals surface area contributed by atoms with E-state index >= 15 is 0 Å². The number of rotatable bonds is 4. The minimum atomic E-state index is -0.587. The number of methoxy groups -OCH3 is 1. The molecular weight excluding hydrogens is 234 g/mol. The Bertz CT molecular complexity index is 320. The van der Waals surface area contributed by atoms with Gasteiger partial charge in [0.05, 0.1) is 13.2 Å². The molecule has 18 heavy (non-hydrogen) atoms. The van der Waals surface area contributed by atoms with Crippen LogP contribution in [0.25, 0.3) is 0 Å². The van der Waals surface area contributed by atoms with Crippen LogP contribution in [0.5, 0.6) is 0 Å². The summed E-state index contributed by atoms with van der Waals surface area (Å²) in [5.41, 5.74) is 11.7. The Balaban J connectivity index is 2.73. The number of carbonyl (C=O) groups is 2. The number of nitrogens with zero attached hydrogens (tertiary/aromatic N) is 1. The Morgan fingerprint density at radius 2 is 2.06 bits per heavy atom. The highest BCUT2D eigenvalue weighted by Gasteiger charge is 2.40. The first-order valence-corrected chi connectivity index (χ1v) is 6.26. The first kappa shape index (κ1) is 14.9. The van der Waals surface area contributed by atoms with Crippen molar-refractivity contribution in [1.29, 1.82) is 0 Å². The van der Waals surface area contributed by atoms with E-state index < -0.39 is 18.1 Å². The largest absolute Gasteiger partial charge is 0.467 e. The molecule has 0 spiro atoms. The van der Waals surface area contributed by atoms with Crippen LogP contribution in [0.2, 0.25) is 0 Å². The highest BCUT2D eigenvalue weighted by Crippen LogP contribution is 2.19. The lowest BCUT2D eigenvalue weighted by atomic mass is 10.0. The predicted octanol–water partition coefficient (Wildman–Crippen LogP) is -0.539. The van der Waals surface area contributed by atoms with Crippen LogP contribution in [0, 0.1) is 5.92 Å². The number of nitrogens with two attached hydrogens (primary N) is 2. The Hall–Kier alpha value is -1.14. The standard InChI is InChI=1S/C12H23N3O3/c1-7(2)4-9(14)11(16)15-6-8(13)5-10(15)12(17)18-3/h7-10H,4-6,13-14H2,1-3H3/t8-,9+,10+/m1/s1. The van der Waals surface area contributed by atoms with Crippen molar-refractivity contribution in [3.05, 3.63) is 0 Å². The van der Waals surface area contributed by atoms with Gasteiger partial charge < -0.3 is 21.1 Å². The molecule has 1 aliphatic rings. The van der Waals surface area contributed by atoms with E-state index in [0.29, 0.717) is 25.3 Å². The highest BCUT2D eigenvalue weighted by molar-refractivity contribution is 5.88. The summed E-state index contributed by atoms with van der Waals surface area (Å²) in [6, 6.07) is -1.36. The number of amides is 1. The van der Waals surface area contributed by atoms with Crippen molar-refractivity contribution in [3.8, 4) is 0 Å². The number of hydrogen-bond donors (Lipinski definition) is 2. The molecule has 104 valence electrons. The van der Waals surface area contributed by atoms with E-state index in [1.54, 1.807) is 0 Å². The van der Waals surface area contributed by atoms with E-state index in [-0.39, 0.29) is 11.9 Å². The zero-order valence-electron chi connectivity index (χ0n) is 11.3. The number of likely N-dealkylation sites (tertiary alicyclic amines) is 1. The summed E-state index contributed by atoms with van der Waals surface area (Å²) >= 11 is 0. The second-order valence-electron chi connectivity index (χ2n) is 5.26. The molecular formula is C12H23N3O3. The van der Waals surface area contributed by atoms with E-state index in [2.05, 4.69) is 0 Å². The molecule has 1 fully saturated rings. The minimum Gasteiger partial charge on any atom is -0.467 e. The van der Waals surface area contributed by atoms with Crippen LogP contribution in [0.3, 0.4) is 0 Å². The first-order valence-electron chi connectivity index (χ1n) is 6.26. The summed E-state index contributed by atoms with van der Waals surface area (Å²) in [4.78, 5) is 25.3. The molecule has 0 aromatic carbocycles. The third-order valence-electron chi connectivity index (χ3n) is 3.13. The van der Waals surface area contributed by atoms with Gasteiger partial charge in [0.2, 0.25) is 5.91 Å². The maximum Gasteiger partial charge on any atom is 0.328 e. The maximum atomic E-state index is 12.2. The molecule has 3 atom stereocenters. The second-order valence-corrected chi connectivity index (χ2v) is 5.26. The van der Waals surface area contributed by atoms with Gasteiger partial charge in [-0.2, -0.15) is 0 Å². The van der Waals surface area contributed by atoms with Crippen LogP contribution in [-0.4, -0.2) is 48.6 Å². The molecule has 1 amide bonds. The molecule has 1 heterocycles. The van der Waals surface area contributed by atoms with Gasteiger partial charge in [-0.15, -0.1) is 0 Å². The summed E-state index contributed by atoms with van der Waals surface area (Å²) in [5.74, 6) is -0.308. The van der Waals surface area contributed by atoms with Crippen molar-refractivity contribution in [1.82, 2.24) is 4.90 Å². The summed E-state index contributed by atoms with van der Waals surface area (Å²) < 4.78 is 4.69. The van der Waals surface area contributed by atoms with Gasteiger partial charge in [0, 0.05) is 12.6 Å². The monoisotopic (exact) mass is 257 g/mol. The quantitative estimate of drug-likeness (QED) is 0.659. The lowest BCUT2D eigenvalue weighted by molar-refractivity contribution is -0.151. The molecule has 6 nitrogen and oxygen atoms in total. The highest BCUT2D eigenvalue weighted by atomic mass is 16.5. The molecule has 1 aliphatic heterocycles. The van der Waals surface area contributed by atoms with Gasteiger partial charge in [0.15, 0.2) is 0 Å². The molecule has 1 saturated heterocycles. The third kappa shape index (κ3) is 3.43.